The zero-order valence-corrected chi connectivity index (χ0v) is 18.5. The molecular weight excluding hydrogens is 423 g/mol. The van der Waals surface area contributed by atoms with E-state index in [2.05, 4.69) is 0 Å². The van der Waals surface area contributed by atoms with Crippen LogP contribution in [0.4, 0.5) is 0 Å². The summed E-state index contributed by atoms with van der Waals surface area (Å²) in [6.07, 6.45) is 3.78. The summed E-state index contributed by atoms with van der Waals surface area (Å²) in [5, 5.41) is 0. The van der Waals surface area contributed by atoms with Crippen molar-refractivity contribution >= 4 is 14.2 Å². The standard InChI is InChI=1S/C21H26N2O7P/c1-13-6-8-15(9-7-13)30-31(25)26-12-16-17-18(29-21(2,3)28-17)20(27-16)23-10-4-5-14(11-23)19(22)24/h4,6-11,16-18,20H,5,12H2,1-3H3,(H2,22,24)/t16-,17-,18-,20-/m1/s1. The molecule has 2 N–H and O–H groups in total. The Hall–Kier alpha value is -2.29. The van der Waals surface area contributed by atoms with Gasteiger partial charge < -0.3 is 29.4 Å². The fourth-order valence-electron chi connectivity index (χ4n) is 3.78. The Morgan fingerprint density at radius 2 is 1.97 bits per heavy atom. The number of hydrogen-bond acceptors (Lipinski definition) is 8. The molecule has 1 aromatic carbocycles. The highest BCUT2D eigenvalue weighted by molar-refractivity contribution is 7.33. The number of allylic oxidation sites excluding steroid dienone is 1. The van der Waals surface area contributed by atoms with Gasteiger partial charge in [-0.25, -0.2) is 4.57 Å². The van der Waals surface area contributed by atoms with Crippen molar-refractivity contribution in [1.29, 1.82) is 0 Å². The third kappa shape index (κ3) is 4.97. The number of carbonyl (C=O) groups is 1. The first-order valence-electron chi connectivity index (χ1n) is 10.0. The van der Waals surface area contributed by atoms with E-state index in [-0.39, 0.29) is 6.61 Å². The van der Waals surface area contributed by atoms with Crippen LogP contribution >= 0.6 is 8.25 Å². The largest absolute Gasteiger partial charge is 0.429 e. The molecule has 1 unspecified atom stereocenters. The lowest BCUT2D eigenvalue weighted by Crippen LogP contribution is -2.40. The minimum absolute atomic E-state index is 0.0118. The molecule has 10 heteroatoms. The Kier molecular flexibility index (Phi) is 6.14. The van der Waals surface area contributed by atoms with Crippen molar-refractivity contribution in [2.45, 2.75) is 57.5 Å². The number of nitrogens with two attached hydrogens (primary N) is 1. The zero-order valence-electron chi connectivity index (χ0n) is 17.6. The molecule has 3 aliphatic heterocycles. The smallest absolute Gasteiger partial charge is 0.398 e. The maximum absolute atomic E-state index is 12.3. The lowest BCUT2D eigenvalue weighted by Gasteiger charge is -2.31. The van der Waals surface area contributed by atoms with Crippen molar-refractivity contribution in [2.24, 2.45) is 5.73 Å². The summed E-state index contributed by atoms with van der Waals surface area (Å²) in [7, 11) is -2.40. The average Bonchev–Trinajstić information content (AvgIpc) is 3.21. The van der Waals surface area contributed by atoms with Gasteiger partial charge in [0.25, 0.3) is 0 Å². The number of primary amides is 1. The number of nitrogens with zero attached hydrogens (tertiary/aromatic N) is 1. The first-order chi connectivity index (χ1) is 14.7. The van der Waals surface area contributed by atoms with Crippen molar-refractivity contribution in [3.05, 3.63) is 53.9 Å². The summed E-state index contributed by atoms with van der Waals surface area (Å²) < 4.78 is 41.2. The van der Waals surface area contributed by atoms with Crippen molar-refractivity contribution in [2.75, 3.05) is 6.61 Å². The predicted octanol–water partition coefficient (Wildman–Crippen LogP) is 2.88. The molecule has 9 nitrogen and oxygen atoms in total. The average molecular weight is 449 g/mol. The fourth-order valence-corrected chi connectivity index (χ4v) is 4.39. The van der Waals surface area contributed by atoms with Gasteiger partial charge in [0.2, 0.25) is 5.91 Å². The minimum Gasteiger partial charge on any atom is -0.398 e. The molecule has 4 rings (SSSR count). The van der Waals surface area contributed by atoms with Crippen LogP contribution in [0, 0.1) is 6.92 Å². The maximum atomic E-state index is 12.3. The summed E-state index contributed by atoms with van der Waals surface area (Å²) in [5.74, 6) is -0.844. The second-order valence-electron chi connectivity index (χ2n) is 8.11. The van der Waals surface area contributed by atoms with E-state index >= 15 is 0 Å². The number of rotatable bonds is 7. The molecule has 5 atom stereocenters. The Labute approximate surface area is 181 Å². The first kappa shape index (κ1) is 21.9. The van der Waals surface area contributed by atoms with Crippen LogP contribution in [0.15, 0.2) is 48.3 Å². The number of benzene rings is 1. The molecule has 2 saturated heterocycles. The molecule has 0 aliphatic carbocycles. The van der Waals surface area contributed by atoms with Gasteiger partial charge in [0.05, 0.1) is 6.61 Å². The lowest BCUT2D eigenvalue weighted by molar-refractivity contribution is -0.201. The van der Waals surface area contributed by atoms with Crippen molar-refractivity contribution in [3.8, 4) is 5.75 Å². The number of hydrogen-bond donors (Lipinski definition) is 1. The van der Waals surface area contributed by atoms with Crippen molar-refractivity contribution in [1.82, 2.24) is 4.90 Å². The predicted molar refractivity (Wildman–Crippen MR) is 111 cm³/mol. The number of ether oxygens (including phenoxy) is 3. The van der Waals surface area contributed by atoms with Crippen LogP contribution in [0.5, 0.6) is 5.75 Å². The Morgan fingerprint density at radius 3 is 2.68 bits per heavy atom. The van der Waals surface area contributed by atoms with Crippen molar-refractivity contribution in [3.63, 3.8) is 0 Å². The SMILES string of the molecule is Cc1ccc(O[P](=O)OC[C@H]2O[C@@H](N3C=CCC(C(N)=O)=C3)[C@@H]3OC(C)(C)O[C@@H]32)cc1. The molecular formula is C21H26N2O7P. The van der Waals surface area contributed by atoms with Crippen LogP contribution in [-0.2, 0) is 28.1 Å². The Morgan fingerprint density at radius 1 is 1.26 bits per heavy atom. The molecule has 3 heterocycles. The summed E-state index contributed by atoms with van der Waals surface area (Å²) in [6.45, 7) is 5.58. The topological polar surface area (TPSA) is 110 Å². The molecule has 0 spiro atoms. The fraction of sp³-hybridized carbons (Fsp3) is 0.476. The van der Waals surface area contributed by atoms with Crippen LogP contribution < -0.4 is 10.3 Å². The molecule has 1 amide bonds. The van der Waals surface area contributed by atoms with E-state index in [4.69, 9.17) is 29.0 Å². The highest BCUT2D eigenvalue weighted by atomic mass is 31.1. The first-order valence-corrected chi connectivity index (χ1v) is 11.1. The number of aryl methyl sites for hydroxylation is 1. The Bertz CT molecular complexity index is 915. The van der Waals surface area contributed by atoms with Crippen LogP contribution in [0.2, 0.25) is 0 Å². The second-order valence-corrected chi connectivity index (χ2v) is 9.00. The van der Waals surface area contributed by atoms with E-state index in [9.17, 15) is 9.36 Å². The van der Waals surface area contributed by atoms with Gasteiger partial charge >= 0.3 is 8.25 Å². The van der Waals surface area contributed by atoms with Crippen LogP contribution in [0.25, 0.3) is 0 Å². The third-order valence-electron chi connectivity index (χ3n) is 5.20. The molecule has 167 valence electrons. The van der Waals surface area contributed by atoms with Gasteiger partial charge in [-0.1, -0.05) is 23.8 Å². The molecule has 2 fully saturated rings. The molecule has 1 aromatic rings. The molecule has 3 aliphatic rings. The lowest BCUT2D eigenvalue weighted by atomic mass is 10.1. The van der Waals surface area contributed by atoms with Gasteiger partial charge in [0, 0.05) is 18.0 Å². The van der Waals surface area contributed by atoms with Gasteiger partial charge in [0.1, 0.15) is 24.1 Å². The van der Waals surface area contributed by atoms with E-state index in [1.807, 2.05) is 45.2 Å². The summed E-state index contributed by atoms with van der Waals surface area (Å²) in [5.41, 5.74) is 6.97. The molecule has 1 radical (unpaired) electrons. The van der Waals surface area contributed by atoms with E-state index in [1.54, 1.807) is 23.2 Å². The quantitative estimate of drug-likeness (QED) is 0.633. The van der Waals surface area contributed by atoms with Crippen LogP contribution in [0.3, 0.4) is 0 Å². The van der Waals surface area contributed by atoms with Gasteiger partial charge in [-0.2, -0.15) is 0 Å². The summed E-state index contributed by atoms with van der Waals surface area (Å²) in [6, 6.07) is 7.18. The molecule has 0 bridgehead atoms. The van der Waals surface area contributed by atoms with Gasteiger partial charge in [-0.3, -0.25) is 9.32 Å². The second kappa shape index (κ2) is 8.68. The monoisotopic (exact) mass is 449 g/mol. The van der Waals surface area contributed by atoms with E-state index in [0.29, 0.717) is 17.7 Å². The minimum atomic E-state index is -2.40. The normalized spacial score (nSPS) is 29.5. The highest BCUT2D eigenvalue weighted by Crippen LogP contribution is 2.41. The van der Waals surface area contributed by atoms with Crippen LogP contribution in [0.1, 0.15) is 25.8 Å². The maximum Gasteiger partial charge on any atom is 0.429 e. The molecule has 0 saturated carbocycles. The van der Waals surface area contributed by atoms with Crippen LogP contribution in [-0.4, -0.2) is 47.7 Å². The van der Waals surface area contributed by atoms with Crippen molar-refractivity contribution < 1.29 is 32.6 Å². The summed E-state index contributed by atoms with van der Waals surface area (Å²) in [4.78, 5) is 13.3. The molecule has 0 aromatic heterocycles. The highest BCUT2D eigenvalue weighted by Gasteiger charge is 2.56. The van der Waals surface area contributed by atoms with Gasteiger partial charge in [0.15, 0.2) is 12.0 Å². The van der Waals surface area contributed by atoms with Gasteiger partial charge in [-0.15, -0.1) is 0 Å². The number of amides is 1. The van der Waals surface area contributed by atoms with E-state index < -0.39 is 44.5 Å². The zero-order chi connectivity index (χ0) is 22.2. The Balaban J connectivity index is 1.42. The number of carbonyl (C=O) groups excluding carboxylic acids is 1. The third-order valence-corrected chi connectivity index (χ3v) is 5.92. The van der Waals surface area contributed by atoms with E-state index in [0.717, 1.165) is 5.56 Å². The molecule has 31 heavy (non-hydrogen) atoms. The van der Waals surface area contributed by atoms with Gasteiger partial charge in [-0.05, 0) is 39.3 Å². The summed E-state index contributed by atoms with van der Waals surface area (Å²) >= 11 is 0. The number of fused-ring (bicyclic) bond motifs is 1. The van der Waals surface area contributed by atoms with E-state index in [1.165, 1.54) is 0 Å².